The van der Waals surface area contributed by atoms with Crippen LogP contribution in [-0.2, 0) is 16.8 Å². The molecular weight excluding hydrogens is 274 g/mol. The molecule has 0 aliphatic carbocycles. The van der Waals surface area contributed by atoms with Crippen molar-refractivity contribution in [3.8, 4) is 0 Å². The van der Waals surface area contributed by atoms with Crippen molar-refractivity contribution in [1.29, 1.82) is 0 Å². The summed E-state index contributed by atoms with van der Waals surface area (Å²) < 4.78 is 0. The zero-order valence-corrected chi connectivity index (χ0v) is 13.4. The minimum absolute atomic E-state index is 0.0504. The van der Waals surface area contributed by atoms with Crippen LogP contribution in [0.1, 0.15) is 32.0 Å². The number of aromatic nitrogens is 1. The minimum Gasteiger partial charge on any atom is -0.376 e. The van der Waals surface area contributed by atoms with Gasteiger partial charge in [0.2, 0.25) is 5.91 Å². The topological polar surface area (TPSA) is 54.0 Å². The molecule has 0 spiro atoms. The highest BCUT2D eigenvalue weighted by Crippen LogP contribution is 2.23. The molecule has 2 N–H and O–H groups in total. The van der Waals surface area contributed by atoms with E-state index < -0.39 is 0 Å². The summed E-state index contributed by atoms with van der Waals surface area (Å²) in [6.07, 6.45) is 1.72. The van der Waals surface area contributed by atoms with Gasteiger partial charge < -0.3 is 10.6 Å². The van der Waals surface area contributed by atoms with Gasteiger partial charge in [0.15, 0.2) is 0 Å². The molecule has 1 amide bonds. The lowest BCUT2D eigenvalue weighted by molar-refractivity contribution is -0.119. The molecule has 0 aliphatic heterocycles. The van der Waals surface area contributed by atoms with Gasteiger partial charge in [0, 0.05) is 11.9 Å². The predicted molar refractivity (Wildman–Crippen MR) is 89.7 cm³/mol. The Hall–Kier alpha value is -2.36. The Balaban J connectivity index is 1.79. The Morgan fingerprint density at radius 1 is 1.09 bits per heavy atom. The third-order valence-corrected chi connectivity index (χ3v) is 3.40. The first-order valence-electron chi connectivity index (χ1n) is 7.46. The van der Waals surface area contributed by atoms with Crippen LogP contribution >= 0.6 is 0 Å². The third kappa shape index (κ3) is 4.88. The molecule has 0 aliphatic rings. The molecule has 0 fully saturated rings. The number of rotatable bonds is 5. The summed E-state index contributed by atoms with van der Waals surface area (Å²) >= 11 is 0. The maximum absolute atomic E-state index is 11.8. The van der Waals surface area contributed by atoms with Gasteiger partial charge in [-0.05, 0) is 35.2 Å². The number of hydrogen-bond acceptors (Lipinski definition) is 3. The highest BCUT2D eigenvalue weighted by Gasteiger charge is 2.12. The van der Waals surface area contributed by atoms with Crippen LogP contribution in [0.15, 0.2) is 48.7 Å². The molecule has 4 heteroatoms. The molecule has 2 rings (SSSR count). The van der Waals surface area contributed by atoms with Crippen molar-refractivity contribution in [1.82, 2.24) is 10.3 Å². The van der Waals surface area contributed by atoms with E-state index >= 15 is 0 Å². The van der Waals surface area contributed by atoms with Crippen LogP contribution in [0.5, 0.6) is 0 Å². The van der Waals surface area contributed by atoms with Crippen LogP contribution in [0.2, 0.25) is 0 Å². The van der Waals surface area contributed by atoms with Crippen molar-refractivity contribution in [2.75, 3.05) is 11.9 Å². The fraction of sp³-hybridized carbons (Fsp3) is 0.333. The van der Waals surface area contributed by atoms with Crippen LogP contribution < -0.4 is 10.6 Å². The number of hydrogen-bond donors (Lipinski definition) is 2. The van der Waals surface area contributed by atoms with Gasteiger partial charge in [-0.25, -0.2) is 0 Å². The third-order valence-electron chi connectivity index (χ3n) is 3.40. The molecule has 0 radical (unpaired) electrons. The van der Waals surface area contributed by atoms with Crippen molar-refractivity contribution in [3.05, 3.63) is 59.9 Å². The Morgan fingerprint density at radius 3 is 2.41 bits per heavy atom. The molecule has 1 aromatic carbocycles. The van der Waals surface area contributed by atoms with E-state index in [9.17, 15) is 4.79 Å². The van der Waals surface area contributed by atoms with Crippen molar-refractivity contribution >= 4 is 11.6 Å². The second kappa shape index (κ2) is 7.07. The highest BCUT2D eigenvalue weighted by atomic mass is 16.1. The summed E-state index contributed by atoms with van der Waals surface area (Å²) in [5.41, 5.74) is 3.21. The van der Waals surface area contributed by atoms with E-state index in [4.69, 9.17) is 0 Å². The van der Waals surface area contributed by atoms with Crippen molar-refractivity contribution < 1.29 is 4.79 Å². The molecule has 2 aromatic rings. The minimum atomic E-state index is -0.0504. The molecular formula is C18H23N3O. The average Bonchev–Trinajstić information content (AvgIpc) is 2.51. The van der Waals surface area contributed by atoms with E-state index in [-0.39, 0.29) is 17.9 Å². The number of carbonyl (C=O) groups excluding carboxylic acids is 1. The maximum atomic E-state index is 11.8. The van der Waals surface area contributed by atoms with Crippen LogP contribution in [0.3, 0.4) is 0 Å². The Morgan fingerprint density at radius 2 is 1.82 bits per heavy atom. The van der Waals surface area contributed by atoms with Crippen LogP contribution in [-0.4, -0.2) is 17.4 Å². The van der Waals surface area contributed by atoms with Gasteiger partial charge in [0.05, 0.1) is 18.8 Å². The van der Waals surface area contributed by atoms with Crippen molar-refractivity contribution in [2.24, 2.45) is 0 Å². The fourth-order valence-electron chi connectivity index (χ4n) is 2.02. The lowest BCUT2D eigenvalue weighted by atomic mass is 9.87. The van der Waals surface area contributed by atoms with E-state index in [0.29, 0.717) is 6.54 Å². The van der Waals surface area contributed by atoms with Gasteiger partial charge in [-0.3, -0.25) is 9.78 Å². The van der Waals surface area contributed by atoms with Gasteiger partial charge in [-0.1, -0.05) is 39.0 Å². The van der Waals surface area contributed by atoms with Crippen molar-refractivity contribution in [2.45, 2.75) is 32.7 Å². The number of carbonyl (C=O) groups is 1. The molecule has 116 valence electrons. The monoisotopic (exact) mass is 297 g/mol. The first-order valence-corrected chi connectivity index (χ1v) is 7.46. The summed E-state index contributed by atoms with van der Waals surface area (Å²) in [7, 11) is 0. The maximum Gasteiger partial charge on any atom is 0.239 e. The van der Waals surface area contributed by atoms with Gasteiger partial charge in [-0.15, -0.1) is 0 Å². The molecule has 22 heavy (non-hydrogen) atoms. The lowest BCUT2D eigenvalue weighted by Gasteiger charge is -2.19. The molecule has 1 aromatic heterocycles. The van der Waals surface area contributed by atoms with Crippen molar-refractivity contribution in [3.63, 3.8) is 0 Å². The molecule has 0 bridgehead atoms. The number of amides is 1. The number of pyridine rings is 1. The van der Waals surface area contributed by atoms with Gasteiger partial charge in [0.1, 0.15) is 0 Å². The zero-order valence-electron chi connectivity index (χ0n) is 13.4. The Labute approximate surface area is 132 Å². The van der Waals surface area contributed by atoms with Gasteiger partial charge in [-0.2, -0.15) is 0 Å². The number of anilines is 1. The summed E-state index contributed by atoms with van der Waals surface area (Å²) in [6, 6.07) is 13.8. The standard InChI is InChI=1S/C18H23N3O/c1-18(2,3)14-7-9-15(10-8-14)20-13-17(22)21-12-16-6-4-5-11-19-16/h4-11,20H,12-13H2,1-3H3,(H,21,22). The SMILES string of the molecule is CC(C)(C)c1ccc(NCC(=O)NCc2ccccn2)cc1. The summed E-state index contributed by atoms with van der Waals surface area (Å²) in [5.74, 6) is -0.0504. The van der Waals surface area contributed by atoms with E-state index in [0.717, 1.165) is 11.4 Å². The van der Waals surface area contributed by atoms with Gasteiger partial charge >= 0.3 is 0 Å². The largest absolute Gasteiger partial charge is 0.376 e. The Kier molecular flexibility index (Phi) is 5.15. The van der Waals surface area contributed by atoms with Crippen LogP contribution in [0, 0.1) is 0 Å². The van der Waals surface area contributed by atoms with E-state index in [1.807, 2.05) is 30.3 Å². The molecule has 1 heterocycles. The first kappa shape index (κ1) is 16.0. The lowest BCUT2D eigenvalue weighted by Crippen LogP contribution is -2.29. The number of nitrogens with zero attached hydrogens (tertiary/aromatic N) is 1. The quantitative estimate of drug-likeness (QED) is 0.891. The summed E-state index contributed by atoms with van der Waals surface area (Å²) in [4.78, 5) is 16.0. The van der Waals surface area contributed by atoms with E-state index in [1.165, 1.54) is 5.56 Å². The van der Waals surface area contributed by atoms with Crippen LogP contribution in [0.25, 0.3) is 0 Å². The molecule has 0 saturated heterocycles. The zero-order chi connectivity index (χ0) is 16.0. The second-order valence-corrected chi connectivity index (χ2v) is 6.28. The molecule has 4 nitrogen and oxygen atoms in total. The number of nitrogens with one attached hydrogen (secondary N) is 2. The molecule has 0 saturated carbocycles. The average molecular weight is 297 g/mol. The summed E-state index contributed by atoms with van der Waals surface area (Å²) in [6.45, 7) is 7.24. The summed E-state index contributed by atoms with van der Waals surface area (Å²) in [5, 5.41) is 5.97. The predicted octanol–water partition coefficient (Wildman–Crippen LogP) is 3.11. The fourth-order valence-corrected chi connectivity index (χ4v) is 2.02. The second-order valence-electron chi connectivity index (χ2n) is 6.28. The van der Waals surface area contributed by atoms with Gasteiger partial charge in [0.25, 0.3) is 0 Å². The number of benzene rings is 1. The van der Waals surface area contributed by atoms with E-state index in [2.05, 4.69) is 48.5 Å². The Bertz CT molecular complexity index is 600. The normalized spacial score (nSPS) is 11.0. The molecule has 0 unspecified atom stereocenters. The molecule has 0 atom stereocenters. The van der Waals surface area contributed by atoms with Crippen LogP contribution in [0.4, 0.5) is 5.69 Å². The highest BCUT2D eigenvalue weighted by molar-refractivity contribution is 5.80. The first-order chi connectivity index (χ1) is 10.4. The van der Waals surface area contributed by atoms with E-state index in [1.54, 1.807) is 6.20 Å². The smallest absolute Gasteiger partial charge is 0.239 e.